The molecule has 3 nitrogen and oxygen atoms in total. The predicted molar refractivity (Wildman–Crippen MR) is 92.1 cm³/mol. The number of anilines is 1. The van der Waals surface area contributed by atoms with Crippen molar-refractivity contribution in [1.82, 2.24) is 0 Å². The number of hydrogen-bond donors (Lipinski definition) is 2. The molecule has 2 N–H and O–H groups in total. The Morgan fingerprint density at radius 3 is 2.41 bits per heavy atom. The lowest BCUT2D eigenvalue weighted by Gasteiger charge is -2.09. The average molecular weight is 295 g/mol. The van der Waals surface area contributed by atoms with Crippen LogP contribution in [0.5, 0.6) is 0 Å². The second kappa shape index (κ2) is 6.94. The fourth-order valence-corrected chi connectivity index (χ4v) is 2.36. The van der Waals surface area contributed by atoms with Crippen LogP contribution in [0.1, 0.15) is 24.5 Å². The second-order valence-electron chi connectivity index (χ2n) is 5.23. The molecule has 114 valence electrons. The molecule has 0 amide bonds. The third-order valence-electron chi connectivity index (χ3n) is 3.74. The van der Waals surface area contributed by atoms with E-state index in [1.165, 1.54) is 11.1 Å². The van der Waals surface area contributed by atoms with Crippen LogP contribution in [-0.4, -0.2) is 18.1 Å². The van der Waals surface area contributed by atoms with Crippen molar-refractivity contribution < 1.29 is 9.90 Å². The summed E-state index contributed by atoms with van der Waals surface area (Å²) >= 11 is 0. The van der Waals surface area contributed by atoms with Gasteiger partial charge in [0.05, 0.1) is 0 Å². The molecule has 22 heavy (non-hydrogen) atoms. The molecule has 0 aromatic heterocycles. The maximum Gasteiger partial charge on any atom is 0.331 e. The lowest BCUT2D eigenvalue weighted by atomic mass is 9.98. The molecule has 2 aromatic carbocycles. The molecule has 0 aliphatic carbocycles. The van der Waals surface area contributed by atoms with Gasteiger partial charge < -0.3 is 10.4 Å². The first kappa shape index (κ1) is 15.8. The van der Waals surface area contributed by atoms with Crippen LogP contribution in [0.4, 0.5) is 5.69 Å². The van der Waals surface area contributed by atoms with Gasteiger partial charge in [-0.3, -0.25) is 0 Å². The second-order valence-corrected chi connectivity index (χ2v) is 5.23. The molecule has 0 unspecified atom stereocenters. The number of nitrogens with one attached hydrogen (secondary N) is 1. The number of carboxylic acids is 1. The van der Waals surface area contributed by atoms with Crippen molar-refractivity contribution in [3.8, 4) is 11.1 Å². The van der Waals surface area contributed by atoms with E-state index in [0.29, 0.717) is 12.0 Å². The zero-order valence-corrected chi connectivity index (χ0v) is 13.2. The maximum absolute atomic E-state index is 11.1. The summed E-state index contributed by atoms with van der Waals surface area (Å²) in [4.78, 5) is 11.1. The minimum Gasteiger partial charge on any atom is -0.478 e. The van der Waals surface area contributed by atoms with Gasteiger partial charge in [-0.2, -0.15) is 0 Å². The Morgan fingerprint density at radius 1 is 1.18 bits per heavy atom. The van der Waals surface area contributed by atoms with Crippen LogP contribution in [0.25, 0.3) is 17.2 Å². The third kappa shape index (κ3) is 3.55. The van der Waals surface area contributed by atoms with E-state index in [2.05, 4.69) is 30.4 Å². The highest BCUT2D eigenvalue weighted by Gasteiger charge is 2.06. The van der Waals surface area contributed by atoms with Crippen LogP contribution < -0.4 is 5.32 Å². The predicted octanol–water partition coefficient (Wildman–Crippen LogP) is 4.58. The molecule has 0 aliphatic rings. The first-order chi connectivity index (χ1) is 10.5. The number of hydrogen-bond acceptors (Lipinski definition) is 2. The standard InChI is InChI=1S/C19H21NO2/c1-4-15(19(21)22)11-14-6-8-16(9-7-14)18-12-17(20-3)10-5-13(18)2/h5-12,20H,4H2,1-3H3,(H,21,22). The summed E-state index contributed by atoms with van der Waals surface area (Å²) < 4.78 is 0. The zero-order valence-electron chi connectivity index (χ0n) is 13.2. The minimum atomic E-state index is -0.857. The van der Waals surface area contributed by atoms with E-state index in [0.717, 1.165) is 16.8 Å². The van der Waals surface area contributed by atoms with E-state index in [1.54, 1.807) is 6.08 Å². The smallest absolute Gasteiger partial charge is 0.331 e. The zero-order chi connectivity index (χ0) is 16.1. The van der Waals surface area contributed by atoms with E-state index in [4.69, 9.17) is 5.11 Å². The van der Waals surface area contributed by atoms with Crippen molar-refractivity contribution >= 4 is 17.7 Å². The molecule has 0 atom stereocenters. The monoisotopic (exact) mass is 295 g/mol. The summed E-state index contributed by atoms with van der Waals surface area (Å²) in [6, 6.07) is 14.2. The van der Waals surface area contributed by atoms with Crippen molar-refractivity contribution in [3.05, 3.63) is 59.2 Å². The Labute approximate surface area is 131 Å². The highest BCUT2D eigenvalue weighted by molar-refractivity contribution is 5.92. The van der Waals surface area contributed by atoms with E-state index >= 15 is 0 Å². The first-order valence-corrected chi connectivity index (χ1v) is 7.38. The van der Waals surface area contributed by atoms with Crippen LogP contribution >= 0.6 is 0 Å². The number of rotatable bonds is 5. The van der Waals surface area contributed by atoms with Gasteiger partial charge in [-0.05, 0) is 53.8 Å². The van der Waals surface area contributed by atoms with Gasteiger partial charge in [0.1, 0.15) is 0 Å². The van der Waals surface area contributed by atoms with Crippen molar-refractivity contribution in [3.63, 3.8) is 0 Å². The van der Waals surface area contributed by atoms with Crippen molar-refractivity contribution in [2.24, 2.45) is 0 Å². The van der Waals surface area contributed by atoms with Gasteiger partial charge in [0, 0.05) is 18.3 Å². The Balaban J connectivity index is 2.35. The molecule has 0 saturated heterocycles. The van der Waals surface area contributed by atoms with Gasteiger partial charge in [-0.25, -0.2) is 4.79 Å². The molecule has 0 aliphatic heterocycles. The normalized spacial score (nSPS) is 11.3. The van der Waals surface area contributed by atoms with Crippen molar-refractivity contribution in [2.45, 2.75) is 20.3 Å². The topological polar surface area (TPSA) is 49.3 Å². The molecule has 2 aromatic rings. The molecule has 3 heteroatoms. The fourth-order valence-electron chi connectivity index (χ4n) is 2.36. The number of carboxylic acid groups (broad SMARTS) is 1. The van der Waals surface area contributed by atoms with Crippen LogP contribution in [-0.2, 0) is 4.79 Å². The number of benzene rings is 2. The first-order valence-electron chi connectivity index (χ1n) is 7.38. The van der Waals surface area contributed by atoms with Gasteiger partial charge >= 0.3 is 5.97 Å². The molecule has 0 saturated carbocycles. The Kier molecular flexibility index (Phi) is 4.99. The van der Waals surface area contributed by atoms with E-state index in [-0.39, 0.29) is 0 Å². The van der Waals surface area contributed by atoms with E-state index in [9.17, 15) is 4.79 Å². The molecular weight excluding hydrogens is 274 g/mol. The molecule has 0 spiro atoms. The van der Waals surface area contributed by atoms with Crippen LogP contribution in [0.3, 0.4) is 0 Å². The van der Waals surface area contributed by atoms with E-state index in [1.807, 2.05) is 38.2 Å². The Hall–Kier alpha value is -2.55. The number of aryl methyl sites for hydroxylation is 1. The Bertz CT molecular complexity index is 700. The fraction of sp³-hybridized carbons (Fsp3) is 0.211. The van der Waals surface area contributed by atoms with E-state index < -0.39 is 5.97 Å². The minimum absolute atomic E-state index is 0.418. The van der Waals surface area contributed by atoms with Gasteiger partial charge in [-0.1, -0.05) is 37.3 Å². The van der Waals surface area contributed by atoms with Crippen LogP contribution in [0.15, 0.2) is 48.0 Å². The van der Waals surface area contributed by atoms with Crippen molar-refractivity contribution in [1.29, 1.82) is 0 Å². The summed E-state index contributed by atoms with van der Waals surface area (Å²) in [6.07, 6.45) is 2.24. The van der Waals surface area contributed by atoms with Crippen LogP contribution in [0.2, 0.25) is 0 Å². The van der Waals surface area contributed by atoms with Gasteiger partial charge in [0.25, 0.3) is 0 Å². The molecule has 0 fully saturated rings. The van der Waals surface area contributed by atoms with Crippen LogP contribution in [0, 0.1) is 6.92 Å². The summed E-state index contributed by atoms with van der Waals surface area (Å²) in [5.41, 5.74) is 5.91. The average Bonchev–Trinajstić information content (AvgIpc) is 2.53. The molecular formula is C19H21NO2. The summed E-state index contributed by atoms with van der Waals surface area (Å²) in [5, 5.41) is 12.2. The number of carbonyl (C=O) groups is 1. The summed E-state index contributed by atoms with van der Waals surface area (Å²) in [7, 11) is 1.90. The highest BCUT2D eigenvalue weighted by atomic mass is 16.4. The van der Waals surface area contributed by atoms with Crippen molar-refractivity contribution in [2.75, 3.05) is 12.4 Å². The third-order valence-corrected chi connectivity index (χ3v) is 3.74. The molecule has 0 heterocycles. The quantitative estimate of drug-likeness (QED) is 0.794. The maximum atomic E-state index is 11.1. The van der Waals surface area contributed by atoms with Gasteiger partial charge in [0.15, 0.2) is 0 Å². The SMILES string of the molecule is CCC(=Cc1ccc(-c2cc(NC)ccc2C)cc1)C(=O)O. The van der Waals surface area contributed by atoms with Gasteiger partial charge in [0.2, 0.25) is 0 Å². The summed E-state index contributed by atoms with van der Waals surface area (Å²) in [6.45, 7) is 3.93. The lowest BCUT2D eigenvalue weighted by molar-refractivity contribution is -0.132. The molecule has 0 bridgehead atoms. The van der Waals surface area contributed by atoms with Gasteiger partial charge in [-0.15, -0.1) is 0 Å². The molecule has 2 rings (SSSR count). The number of aliphatic carboxylic acids is 1. The molecule has 0 radical (unpaired) electrons. The largest absolute Gasteiger partial charge is 0.478 e. The summed E-state index contributed by atoms with van der Waals surface area (Å²) in [5.74, 6) is -0.857. The Morgan fingerprint density at radius 2 is 1.86 bits per heavy atom. The highest BCUT2D eigenvalue weighted by Crippen LogP contribution is 2.27. The lowest BCUT2D eigenvalue weighted by Crippen LogP contribution is -1.98.